The third kappa shape index (κ3) is 92.2. The molecule has 1 aliphatic rings. The van der Waals surface area contributed by atoms with Crippen molar-refractivity contribution in [1.29, 1.82) is 0 Å². The number of nitrogens with zero attached hydrogens (tertiary/aromatic N) is 28. The second-order valence-corrected chi connectivity index (χ2v) is 20.9. The molecular weight excluding hydrogens is 1600 g/mol. The summed E-state index contributed by atoms with van der Waals surface area (Å²) in [6.07, 6.45) is 66.6. The van der Waals surface area contributed by atoms with Crippen molar-refractivity contribution in [3.05, 3.63) is 427 Å². The van der Waals surface area contributed by atoms with Gasteiger partial charge in [0, 0.05) is 129 Å². The van der Waals surface area contributed by atoms with Crippen LogP contribution in [0.1, 0.15) is 6.42 Å². The number of aromatic amines is 6. The van der Waals surface area contributed by atoms with Gasteiger partial charge in [0.05, 0.1) is 49.2 Å². The normalized spacial score (nSPS) is 8.60. The van der Waals surface area contributed by atoms with Crippen molar-refractivity contribution >= 4 is 62.9 Å². The van der Waals surface area contributed by atoms with Crippen molar-refractivity contribution in [1.82, 2.24) is 171 Å². The Kier molecular flexibility index (Phi) is 79.5. The molecular formula is C72H78N34O6S5. The number of ketones is 1. The van der Waals surface area contributed by atoms with Crippen molar-refractivity contribution in [2.75, 3.05) is 0 Å². The van der Waals surface area contributed by atoms with Crippen LogP contribution in [-0.2, 0) is 4.79 Å². The van der Waals surface area contributed by atoms with Crippen molar-refractivity contribution < 1.29 is 27.1 Å². The van der Waals surface area contributed by atoms with E-state index >= 15 is 0 Å². The van der Waals surface area contributed by atoms with Gasteiger partial charge in [-0.05, 0) is 113 Å². The van der Waals surface area contributed by atoms with Gasteiger partial charge in [-0.25, -0.2) is 39.3 Å². The van der Waals surface area contributed by atoms with E-state index in [0.29, 0.717) is 6.42 Å². The summed E-state index contributed by atoms with van der Waals surface area (Å²) in [4.78, 5) is 56.1. The molecule has 40 nitrogen and oxygen atoms in total. The Bertz CT molecular complexity index is 3250. The number of aromatic nitrogens is 34. The molecule has 0 aliphatic heterocycles. The molecule has 0 spiro atoms. The minimum Gasteiger partial charge on any atom is -0.473 e. The largest absolute Gasteiger partial charge is 0.473 e. The van der Waals surface area contributed by atoms with Crippen LogP contribution in [0.25, 0.3) is 0 Å². The number of tetrazole rings is 1. The number of oxazole rings is 1. The summed E-state index contributed by atoms with van der Waals surface area (Å²) in [5, 5.41) is 68.9. The number of furan rings is 1. The molecule has 0 atom stereocenters. The lowest BCUT2D eigenvalue weighted by Gasteiger charge is -1.88. The fraction of sp³-hybridized carbons (Fsp3) is 0.0139. The van der Waals surface area contributed by atoms with Gasteiger partial charge in [-0.2, -0.15) is 56.7 Å². The number of hydrogen-bond donors (Lipinski definition) is 6. The van der Waals surface area contributed by atoms with E-state index in [1.54, 1.807) is 212 Å². The summed E-state index contributed by atoms with van der Waals surface area (Å²) in [5.74, 6) is 0.197. The van der Waals surface area contributed by atoms with Gasteiger partial charge < -0.3 is 32.3 Å². The zero-order valence-corrected chi connectivity index (χ0v) is 65.7. The number of carbonyl (C=O) groups is 1. The van der Waals surface area contributed by atoms with Gasteiger partial charge in [0.1, 0.15) is 54.4 Å². The molecule has 0 amide bonds. The number of imidazole rings is 1. The molecule has 0 saturated carbocycles. The fourth-order valence-electron chi connectivity index (χ4n) is 4.82. The molecule has 20 aromatic heterocycles. The number of carbonyl (C=O) groups excluding carboxylic acids is 1. The summed E-state index contributed by atoms with van der Waals surface area (Å²) < 4.78 is 29.4. The molecule has 21 aromatic rings. The van der Waals surface area contributed by atoms with Crippen LogP contribution in [0, 0.1) is 0 Å². The van der Waals surface area contributed by atoms with Crippen LogP contribution >= 0.6 is 57.1 Å². The summed E-state index contributed by atoms with van der Waals surface area (Å²) in [7, 11) is 0. The lowest BCUT2D eigenvalue weighted by molar-refractivity contribution is -0.113. The highest BCUT2D eigenvalue weighted by Crippen LogP contribution is 1.95. The maximum atomic E-state index is 10.3. The number of benzene rings is 1. The predicted molar refractivity (Wildman–Crippen MR) is 438 cm³/mol. The molecule has 1 aromatic carbocycles. The number of allylic oxidation sites excluding steroid dienone is 4. The summed E-state index contributed by atoms with van der Waals surface area (Å²) >= 11 is 7.62. The first kappa shape index (κ1) is 98.9. The first-order chi connectivity index (χ1) is 58.4. The molecule has 0 radical (unpaired) electrons. The highest BCUT2D eigenvalue weighted by atomic mass is 32.1. The number of hydrogen-bond acceptors (Lipinski definition) is 39. The van der Waals surface area contributed by atoms with Gasteiger partial charge in [-0.1, -0.05) is 88.4 Å². The topological polar surface area (TPSA) is 538 Å². The van der Waals surface area contributed by atoms with E-state index in [2.05, 4.69) is 193 Å². The zero-order valence-electron chi connectivity index (χ0n) is 61.6. The number of thiazole rings is 1. The van der Waals surface area contributed by atoms with Crippen molar-refractivity contribution in [2.24, 2.45) is 0 Å². The van der Waals surface area contributed by atoms with Crippen LogP contribution in [0.3, 0.4) is 0 Å². The zero-order chi connectivity index (χ0) is 82.9. The maximum absolute atomic E-state index is 10.3. The minimum atomic E-state index is 0.197. The molecule has 602 valence electrons. The number of pyridine rings is 1. The summed E-state index contributed by atoms with van der Waals surface area (Å²) in [6.45, 7) is 0. The Balaban J connectivity index is 0.000000613. The van der Waals surface area contributed by atoms with Crippen LogP contribution in [0.4, 0.5) is 0 Å². The predicted octanol–water partition coefficient (Wildman–Crippen LogP) is 13.8. The number of nitrogens with one attached hydrogen (secondary N) is 6. The van der Waals surface area contributed by atoms with Crippen LogP contribution in [0.15, 0.2) is 449 Å². The molecule has 45 heteroatoms. The average Bonchev–Trinajstić information content (AvgIpc) is 1.98. The van der Waals surface area contributed by atoms with Crippen molar-refractivity contribution in [3.8, 4) is 0 Å². The van der Waals surface area contributed by atoms with Gasteiger partial charge in [-0.15, -0.1) is 53.3 Å². The van der Waals surface area contributed by atoms with Gasteiger partial charge in [0.2, 0.25) is 19.2 Å². The van der Waals surface area contributed by atoms with Crippen LogP contribution in [-0.4, -0.2) is 177 Å². The number of rotatable bonds is 0. The molecule has 0 bridgehead atoms. The molecule has 117 heavy (non-hydrogen) atoms. The summed E-state index contributed by atoms with van der Waals surface area (Å²) in [5.41, 5.74) is 6.83. The van der Waals surface area contributed by atoms with Gasteiger partial charge >= 0.3 is 0 Å². The molecule has 0 fully saturated rings. The Morgan fingerprint density at radius 2 is 1.03 bits per heavy atom. The van der Waals surface area contributed by atoms with E-state index in [-0.39, 0.29) is 5.78 Å². The highest BCUT2D eigenvalue weighted by molar-refractivity contribution is 7.08. The molecule has 0 unspecified atom stereocenters. The fourth-order valence-corrected chi connectivity index (χ4v) is 6.52. The SMILES string of the molecule is O=C1C=CC=CC1.c1c[nH]cn1.c1cc[nH]c1.c1ccccc1.c1ccncc1.c1ccnnc1.c1ccoc1.c1ccsc1.c1cn[nH]c1.c1cn[nH]n1.c1cnccn1.c1cncnc1.c1cnoc1.c1cnsc1.c1cocn1.c1cscn1.c1nc[nH]n1.c1ncon1.c1ncsn1.c1nn[nH]n1.c1nnco1.c1nncs1. The smallest absolute Gasteiger partial charge is 0.213 e. The molecule has 0 saturated heterocycles. The molecule has 1 aliphatic carbocycles. The monoisotopic (exact) mass is 1670 g/mol. The lowest BCUT2D eigenvalue weighted by Crippen LogP contribution is -1.90. The summed E-state index contributed by atoms with van der Waals surface area (Å²) in [6, 6.07) is 40.2. The van der Waals surface area contributed by atoms with Gasteiger partial charge in [0.25, 0.3) is 0 Å². The minimum absolute atomic E-state index is 0.197. The van der Waals surface area contributed by atoms with E-state index in [9.17, 15) is 4.79 Å². The van der Waals surface area contributed by atoms with E-state index < -0.39 is 0 Å². The Morgan fingerprint density at radius 1 is 0.308 bits per heavy atom. The van der Waals surface area contributed by atoms with Crippen LogP contribution in [0.2, 0.25) is 0 Å². The van der Waals surface area contributed by atoms with Crippen LogP contribution in [0.5, 0.6) is 0 Å². The maximum Gasteiger partial charge on any atom is 0.213 e. The number of thiophene rings is 1. The van der Waals surface area contributed by atoms with Gasteiger partial charge in [-0.3, -0.25) is 34.9 Å². The first-order valence-electron chi connectivity index (χ1n) is 32.4. The third-order valence-electron chi connectivity index (χ3n) is 9.13. The Morgan fingerprint density at radius 3 is 1.22 bits per heavy atom. The lowest BCUT2D eigenvalue weighted by atomic mass is 10.2. The van der Waals surface area contributed by atoms with E-state index in [1.807, 2.05) is 161 Å². The Labute approximate surface area is 689 Å². The number of H-pyrrole nitrogens is 6. The van der Waals surface area contributed by atoms with Gasteiger partial charge in [0.15, 0.2) is 24.8 Å². The quantitative estimate of drug-likeness (QED) is 0.0821. The third-order valence-corrected chi connectivity index (χ3v) is 11.7. The molecule has 6 N–H and O–H groups in total. The molecule has 22 rings (SSSR count). The van der Waals surface area contributed by atoms with E-state index in [4.69, 9.17) is 0 Å². The van der Waals surface area contributed by atoms with E-state index in [1.165, 1.54) is 110 Å². The second-order valence-electron chi connectivity index (χ2n) is 17.3. The van der Waals surface area contributed by atoms with Crippen molar-refractivity contribution in [3.63, 3.8) is 0 Å². The first-order valence-corrected chi connectivity index (χ1v) is 36.9. The van der Waals surface area contributed by atoms with Crippen molar-refractivity contribution in [2.45, 2.75) is 6.42 Å². The van der Waals surface area contributed by atoms with E-state index in [0.717, 1.165) is 0 Å². The second kappa shape index (κ2) is 94.1. The molecule has 20 heterocycles. The Hall–Kier alpha value is -16.1. The highest BCUT2D eigenvalue weighted by Gasteiger charge is 1.92. The van der Waals surface area contributed by atoms with Crippen LogP contribution < -0.4 is 0 Å². The average molecular weight is 1680 g/mol. The standard InChI is InChI=1S/C6H6O.C6H6.C5H5N.3C4H4N2.C4H5N.C4H4O.C4H4S.2C3H4N2.2C3H3NO.2C3H3NS.2C2H3N3.2C2H2N2O.2C2H2N2S.CH2N4/c7-6-4-2-1-3-5-6;2*1-2-4-6-5-3-1;1-2-6-4-3-5-1;1-2-5-4-6-3-1;1-2-4-6-5-3-1;3*1-2-4-5-3-1;1-2-5-3-4-1;1-2-4-5-3-1;1-2-5-3-4-1;1-2-4-5-3-1;1-2-5-3-4-1;1-2-4-5-3-1;1-3-2-5-4-1;1-2-4-5-3-1;1-3-4-2-5-1;1-3-2-5-4-1;1-3-4-2-5-1;1-3-2-5-4-1;1-2-4-5-3-1/h1-4H,5H2;1-6H;1-5H;3*1-4H;1-5H;2*1-4H;2*1-3H,(H,4,5);4*1-3H;2*1-2H,(H,3,4,5);4*1-2H;1H,(H,2,3,4,5).